The number of nitrogens with two attached hydrogens (primary N) is 1. The molecule has 0 bridgehead atoms. The molecule has 2 aliphatic rings. The zero-order valence-electron chi connectivity index (χ0n) is 8.34. The summed E-state index contributed by atoms with van der Waals surface area (Å²) in [7, 11) is 0. The average molecular weight is 183 g/mol. The summed E-state index contributed by atoms with van der Waals surface area (Å²) < 4.78 is 0. The maximum absolute atomic E-state index is 9.88. The Bertz CT molecular complexity index is 171. The van der Waals surface area contributed by atoms with Crippen LogP contribution < -0.4 is 5.73 Å². The lowest BCUT2D eigenvalue weighted by molar-refractivity contribution is 0.0463. The lowest BCUT2D eigenvalue weighted by Gasteiger charge is -2.33. The van der Waals surface area contributed by atoms with Crippen molar-refractivity contribution in [3.63, 3.8) is 0 Å². The first kappa shape index (κ1) is 9.47. The summed E-state index contributed by atoms with van der Waals surface area (Å²) in [6, 6.07) is 0. The summed E-state index contributed by atoms with van der Waals surface area (Å²) in [5, 5.41) is 9.88. The van der Waals surface area contributed by atoms with Crippen LogP contribution in [0.5, 0.6) is 0 Å². The highest BCUT2D eigenvalue weighted by molar-refractivity contribution is 5.04. The van der Waals surface area contributed by atoms with Gasteiger partial charge in [0.05, 0.1) is 6.10 Å². The molecule has 0 aromatic rings. The lowest BCUT2D eigenvalue weighted by Crippen LogP contribution is -2.36. The van der Waals surface area contributed by atoms with Gasteiger partial charge < -0.3 is 10.8 Å². The van der Waals surface area contributed by atoms with Crippen molar-refractivity contribution >= 4 is 0 Å². The van der Waals surface area contributed by atoms with E-state index in [1.165, 1.54) is 44.9 Å². The average Bonchev–Trinajstić information content (AvgIpc) is 2.99. The van der Waals surface area contributed by atoms with Crippen molar-refractivity contribution in [2.24, 2.45) is 17.1 Å². The van der Waals surface area contributed by atoms with E-state index >= 15 is 0 Å². The highest BCUT2D eigenvalue weighted by Crippen LogP contribution is 2.58. The second kappa shape index (κ2) is 3.58. The molecule has 0 heterocycles. The molecule has 0 amide bonds. The molecular formula is C11H21NO. The van der Waals surface area contributed by atoms with E-state index in [1.807, 2.05) is 0 Å². The van der Waals surface area contributed by atoms with E-state index in [4.69, 9.17) is 5.73 Å². The fourth-order valence-corrected chi connectivity index (χ4v) is 3.07. The summed E-state index contributed by atoms with van der Waals surface area (Å²) in [4.78, 5) is 0. The molecule has 0 aromatic carbocycles. The summed E-state index contributed by atoms with van der Waals surface area (Å²) >= 11 is 0. The smallest absolute Gasteiger partial charge is 0.0721 e. The normalized spacial score (nSPS) is 30.0. The SMILES string of the molecule is NCC(O)C1(C2CCCCC2)CC1. The number of aliphatic hydroxyl groups is 1. The molecule has 2 heteroatoms. The number of hydrogen-bond donors (Lipinski definition) is 2. The zero-order chi connectivity index (χ0) is 9.31. The second-order valence-corrected chi connectivity index (χ2v) is 4.82. The Hall–Kier alpha value is -0.0800. The largest absolute Gasteiger partial charge is 0.391 e. The Morgan fingerprint density at radius 3 is 2.31 bits per heavy atom. The van der Waals surface area contributed by atoms with E-state index in [0.717, 1.165) is 5.92 Å². The minimum atomic E-state index is -0.226. The Morgan fingerprint density at radius 1 is 1.23 bits per heavy atom. The second-order valence-electron chi connectivity index (χ2n) is 4.82. The Morgan fingerprint density at radius 2 is 1.85 bits per heavy atom. The number of aliphatic hydroxyl groups excluding tert-OH is 1. The van der Waals surface area contributed by atoms with Crippen molar-refractivity contribution in [1.29, 1.82) is 0 Å². The summed E-state index contributed by atoms with van der Waals surface area (Å²) in [5.41, 5.74) is 5.81. The topological polar surface area (TPSA) is 46.2 Å². The van der Waals surface area contributed by atoms with Crippen LogP contribution in [0.4, 0.5) is 0 Å². The summed E-state index contributed by atoms with van der Waals surface area (Å²) in [6.07, 6.45) is 8.99. The van der Waals surface area contributed by atoms with Gasteiger partial charge in [-0.3, -0.25) is 0 Å². The minimum Gasteiger partial charge on any atom is -0.391 e. The van der Waals surface area contributed by atoms with Crippen molar-refractivity contribution < 1.29 is 5.11 Å². The fourth-order valence-electron chi connectivity index (χ4n) is 3.07. The van der Waals surface area contributed by atoms with E-state index in [1.54, 1.807) is 0 Å². The van der Waals surface area contributed by atoms with Gasteiger partial charge in [-0.1, -0.05) is 19.3 Å². The third-order valence-electron chi connectivity index (χ3n) is 4.13. The first-order valence-corrected chi connectivity index (χ1v) is 5.68. The van der Waals surface area contributed by atoms with E-state index in [2.05, 4.69) is 0 Å². The molecule has 1 unspecified atom stereocenters. The Labute approximate surface area is 80.5 Å². The maximum atomic E-state index is 9.88. The summed E-state index contributed by atoms with van der Waals surface area (Å²) in [5.74, 6) is 0.778. The Kier molecular flexibility index (Phi) is 2.61. The molecule has 0 aromatic heterocycles. The first-order chi connectivity index (χ1) is 6.29. The van der Waals surface area contributed by atoms with Gasteiger partial charge in [0.15, 0.2) is 0 Å². The molecule has 76 valence electrons. The summed E-state index contributed by atoms with van der Waals surface area (Å²) in [6.45, 7) is 0.455. The molecule has 2 fully saturated rings. The van der Waals surface area contributed by atoms with Crippen LogP contribution in [0.3, 0.4) is 0 Å². The van der Waals surface area contributed by atoms with E-state index in [9.17, 15) is 5.11 Å². The van der Waals surface area contributed by atoms with Gasteiger partial charge in [-0.2, -0.15) is 0 Å². The van der Waals surface area contributed by atoms with Crippen LogP contribution in [0, 0.1) is 11.3 Å². The van der Waals surface area contributed by atoms with E-state index < -0.39 is 0 Å². The molecule has 0 radical (unpaired) electrons. The van der Waals surface area contributed by atoms with Gasteiger partial charge in [0.2, 0.25) is 0 Å². The van der Waals surface area contributed by atoms with Gasteiger partial charge in [0.25, 0.3) is 0 Å². The molecule has 0 spiro atoms. The number of rotatable bonds is 3. The van der Waals surface area contributed by atoms with Gasteiger partial charge >= 0.3 is 0 Å². The minimum absolute atomic E-state index is 0.226. The number of hydrogen-bond acceptors (Lipinski definition) is 2. The van der Waals surface area contributed by atoms with Crippen LogP contribution in [0.1, 0.15) is 44.9 Å². The van der Waals surface area contributed by atoms with Crippen LogP contribution >= 0.6 is 0 Å². The fraction of sp³-hybridized carbons (Fsp3) is 1.00. The molecule has 13 heavy (non-hydrogen) atoms. The predicted octanol–water partition coefficient (Wildman–Crippen LogP) is 1.67. The first-order valence-electron chi connectivity index (χ1n) is 5.68. The van der Waals surface area contributed by atoms with Crippen molar-refractivity contribution in [2.75, 3.05) is 6.54 Å². The molecule has 2 rings (SSSR count). The maximum Gasteiger partial charge on any atom is 0.0721 e. The van der Waals surface area contributed by atoms with E-state index in [-0.39, 0.29) is 11.5 Å². The van der Waals surface area contributed by atoms with Crippen LogP contribution in [0.25, 0.3) is 0 Å². The highest BCUT2D eigenvalue weighted by atomic mass is 16.3. The molecule has 1 atom stereocenters. The van der Waals surface area contributed by atoms with Gasteiger partial charge in [0, 0.05) is 12.0 Å². The zero-order valence-corrected chi connectivity index (χ0v) is 8.34. The molecule has 2 saturated carbocycles. The van der Waals surface area contributed by atoms with Crippen LogP contribution in [-0.2, 0) is 0 Å². The van der Waals surface area contributed by atoms with Crippen molar-refractivity contribution in [2.45, 2.75) is 51.0 Å². The van der Waals surface area contributed by atoms with Crippen LogP contribution in [0.2, 0.25) is 0 Å². The predicted molar refractivity (Wildman–Crippen MR) is 53.3 cm³/mol. The van der Waals surface area contributed by atoms with E-state index in [0.29, 0.717) is 6.54 Å². The van der Waals surface area contributed by atoms with Gasteiger partial charge in [0.1, 0.15) is 0 Å². The standard InChI is InChI=1S/C11H21NO/c12-8-10(13)11(6-7-11)9-4-2-1-3-5-9/h9-10,13H,1-8,12H2. The van der Waals surface area contributed by atoms with Gasteiger partial charge in [-0.25, -0.2) is 0 Å². The quantitative estimate of drug-likeness (QED) is 0.699. The van der Waals surface area contributed by atoms with Crippen molar-refractivity contribution in [3.8, 4) is 0 Å². The highest BCUT2D eigenvalue weighted by Gasteiger charge is 2.53. The molecular weight excluding hydrogens is 162 g/mol. The van der Waals surface area contributed by atoms with Crippen LogP contribution in [-0.4, -0.2) is 17.8 Å². The molecule has 0 saturated heterocycles. The van der Waals surface area contributed by atoms with Gasteiger partial charge in [-0.05, 0) is 31.6 Å². The third kappa shape index (κ3) is 1.62. The molecule has 0 aliphatic heterocycles. The van der Waals surface area contributed by atoms with Crippen molar-refractivity contribution in [1.82, 2.24) is 0 Å². The molecule has 2 aliphatic carbocycles. The monoisotopic (exact) mass is 183 g/mol. The molecule has 2 nitrogen and oxygen atoms in total. The third-order valence-corrected chi connectivity index (χ3v) is 4.13. The lowest BCUT2D eigenvalue weighted by atomic mass is 9.75. The van der Waals surface area contributed by atoms with Crippen molar-refractivity contribution in [3.05, 3.63) is 0 Å². The van der Waals surface area contributed by atoms with Gasteiger partial charge in [-0.15, -0.1) is 0 Å². The van der Waals surface area contributed by atoms with Crippen LogP contribution in [0.15, 0.2) is 0 Å². The molecule has 3 N–H and O–H groups in total. The Balaban J connectivity index is 1.97.